The van der Waals surface area contributed by atoms with Crippen LogP contribution in [-0.2, 0) is 13.0 Å². The molecule has 0 saturated carbocycles. The van der Waals surface area contributed by atoms with Gasteiger partial charge in [0, 0.05) is 18.6 Å². The third-order valence-corrected chi connectivity index (χ3v) is 3.69. The van der Waals surface area contributed by atoms with E-state index >= 15 is 0 Å². The van der Waals surface area contributed by atoms with Crippen LogP contribution in [0.5, 0.6) is 0 Å². The average molecular weight is 286 g/mol. The van der Waals surface area contributed by atoms with Crippen molar-refractivity contribution in [1.82, 2.24) is 15.1 Å². The van der Waals surface area contributed by atoms with Crippen LogP contribution in [0.1, 0.15) is 52.9 Å². The number of halogens is 1. The Hall–Kier alpha value is -0.540. The van der Waals surface area contributed by atoms with Crippen LogP contribution in [0, 0.1) is 12.3 Å². The smallest absolute Gasteiger partial charge is 0.0847 e. The quantitative estimate of drug-likeness (QED) is 0.891. The summed E-state index contributed by atoms with van der Waals surface area (Å²) >= 11 is 6.39. The summed E-state index contributed by atoms with van der Waals surface area (Å²) in [5.41, 5.74) is 2.37. The zero-order valence-electron chi connectivity index (χ0n) is 13.4. The number of rotatable bonds is 5. The molecule has 0 radical (unpaired) electrons. The summed E-state index contributed by atoms with van der Waals surface area (Å²) in [4.78, 5) is 0. The third kappa shape index (κ3) is 4.81. The molecule has 1 aromatic rings. The van der Waals surface area contributed by atoms with Gasteiger partial charge in [-0.05, 0) is 46.5 Å². The normalized spacial score (nSPS) is 13.1. The van der Waals surface area contributed by atoms with Gasteiger partial charge in [0.15, 0.2) is 0 Å². The number of hydrogen-bond acceptors (Lipinski definition) is 2. The van der Waals surface area contributed by atoms with E-state index in [1.165, 1.54) is 0 Å². The molecule has 0 bridgehead atoms. The molecule has 3 nitrogen and oxygen atoms in total. The minimum atomic E-state index is 0.141. The van der Waals surface area contributed by atoms with Crippen molar-refractivity contribution in [3.8, 4) is 0 Å². The molecule has 4 heteroatoms. The van der Waals surface area contributed by atoms with E-state index in [9.17, 15) is 0 Å². The highest BCUT2D eigenvalue weighted by atomic mass is 35.5. The molecule has 0 spiro atoms. The van der Waals surface area contributed by atoms with Crippen molar-refractivity contribution < 1.29 is 0 Å². The van der Waals surface area contributed by atoms with Gasteiger partial charge in [-0.3, -0.25) is 4.68 Å². The fourth-order valence-corrected chi connectivity index (χ4v) is 2.26. The summed E-state index contributed by atoms with van der Waals surface area (Å²) in [5.74, 6) is 0. The molecular weight excluding hydrogens is 258 g/mol. The Bertz CT molecular complexity index is 427. The number of nitrogens with one attached hydrogen (secondary N) is 1. The zero-order valence-corrected chi connectivity index (χ0v) is 14.1. The second-order valence-electron chi connectivity index (χ2n) is 7.11. The highest BCUT2D eigenvalue weighted by Gasteiger charge is 2.25. The van der Waals surface area contributed by atoms with E-state index in [-0.39, 0.29) is 11.0 Å². The molecule has 0 fully saturated rings. The second kappa shape index (κ2) is 5.84. The van der Waals surface area contributed by atoms with Gasteiger partial charge in [-0.1, -0.05) is 25.4 Å². The maximum atomic E-state index is 6.39. The van der Waals surface area contributed by atoms with Crippen molar-refractivity contribution in [2.75, 3.05) is 6.54 Å². The first-order chi connectivity index (χ1) is 8.56. The number of hydrogen-bond donors (Lipinski definition) is 1. The highest BCUT2D eigenvalue weighted by molar-refractivity contribution is 6.31. The Morgan fingerprint density at radius 1 is 1.21 bits per heavy atom. The largest absolute Gasteiger partial charge is 0.312 e. The molecule has 0 aromatic carbocycles. The lowest BCUT2D eigenvalue weighted by molar-refractivity contribution is 0.283. The van der Waals surface area contributed by atoms with Crippen LogP contribution >= 0.6 is 11.6 Å². The molecule has 0 aliphatic heterocycles. The lowest BCUT2D eigenvalue weighted by Crippen LogP contribution is -2.42. The Morgan fingerprint density at radius 2 is 1.79 bits per heavy atom. The minimum Gasteiger partial charge on any atom is -0.312 e. The molecule has 0 saturated heterocycles. The molecule has 0 atom stereocenters. The first-order valence-electron chi connectivity index (χ1n) is 7.02. The Kier molecular flexibility index (Phi) is 5.08. The number of nitrogens with zero attached hydrogens (tertiary/aromatic N) is 2. The lowest BCUT2D eigenvalue weighted by atomic mass is 9.86. The average Bonchev–Trinajstić information content (AvgIpc) is 2.53. The fourth-order valence-electron chi connectivity index (χ4n) is 2.06. The van der Waals surface area contributed by atoms with Crippen molar-refractivity contribution in [3.63, 3.8) is 0 Å². The van der Waals surface area contributed by atoms with Gasteiger partial charge in [0.05, 0.1) is 16.4 Å². The highest BCUT2D eigenvalue weighted by Crippen LogP contribution is 2.28. The van der Waals surface area contributed by atoms with Crippen LogP contribution in [0.15, 0.2) is 0 Å². The Balaban J connectivity index is 2.83. The monoisotopic (exact) mass is 285 g/mol. The molecular formula is C15H28ClN3. The topological polar surface area (TPSA) is 29.9 Å². The SMILES string of the molecule is CCn1nc(C)c(Cl)c1CC(C)(C)CNC(C)(C)C. The summed E-state index contributed by atoms with van der Waals surface area (Å²) < 4.78 is 2.02. The summed E-state index contributed by atoms with van der Waals surface area (Å²) in [6, 6.07) is 0. The van der Waals surface area contributed by atoms with E-state index in [0.29, 0.717) is 0 Å². The number of aryl methyl sites for hydroxylation is 2. The van der Waals surface area contributed by atoms with E-state index < -0.39 is 0 Å². The molecule has 1 aromatic heterocycles. The maximum absolute atomic E-state index is 6.39. The van der Waals surface area contributed by atoms with Gasteiger partial charge in [-0.15, -0.1) is 0 Å². The minimum absolute atomic E-state index is 0.141. The Morgan fingerprint density at radius 3 is 2.26 bits per heavy atom. The second-order valence-corrected chi connectivity index (χ2v) is 7.48. The standard InChI is InChI=1S/C15H28ClN3/c1-8-19-12(13(16)11(2)18-19)9-15(6,7)10-17-14(3,4)5/h17H,8-10H2,1-7H3. The van der Waals surface area contributed by atoms with Crippen molar-refractivity contribution >= 4 is 11.6 Å². The van der Waals surface area contributed by atoms with E-state index in [2.05, 4.69) is 52.0 Å². The molecule has 1 heterocycles. The molecule has 1 N–H and O–H groups in total. The molecule has 1 rings (SSSR count). The molecule has 0 amide bonds. The summed E-state index contributed by atoms with van der Waals surface area (Å²) in [6.45, 7) is 17.0. The van der Waals surface area contributed by atoms with Gasteiger partial charge in [-0.25, -0.2) is 0 Å². The van der Waals surface area contributed by atoms with E-state index in [4.69, 9.17) is 11.6 Å². The van der Waals surface area contributed by atoms with Crippen molar-refractivity contribution in [1.29, 1.82) is 0 Å². The predicted molar refractivity (Wildman–Crippen MR) is 82.9 cm³/mol. The fraction of sp³-hybridized carbons (Fsp3) is 0.800. The van der Waals surface area contributed by atoms with Crippen molar-refractivity contribution in [3.05, 3.63) is 16.4 Å². The van der Waals surface area contributed by atoms with Gasteiger partial charge in [0.1, 0.15) is 0 Å². The van der Waals surface area contributed by atoms with Gasteiger partial charge in [-0.2, -0.15) is 5.10 Å². The molecule has 110 valence electrons. The van der Waals surface area contributed by atoms with Gasteiger partial charge in [0.2, 0.25) is 0 Å². The maximum Gasteiger partial charge on any atom is 0.0847 e. The van der Waals surface area contributed by atoms with Gasteiger partial charge >= 0.3 is 0 Å². The van der Waals surface area contributed by atoms with Crippen LogP contribution in [-0.4, -0.2) is 21.9 Å². The summed E-state index contributed by atoms with van der Waals surface area (Å²) in [7, 11) is 0. The van der Waals surface area contributed by atoms with Crippen LogP contribution in [0.25, 0.3) is 0 Å². The van der Waals surface area contributed by atoms with Crippen LogP contribution in [0.2, 0.25) is 5.02 Å². The van der Waals surface area contributed by atoms with E-state index in [1.54, 1.807) is 0 Å². The molecule has 19 heavy (non-hydrogen) atoms. The lowest BCUT2D eigenvalue weighted by Gasteiger charge is -2.30. The zero-order chi connectivity index (χ0) is 14.8. The van der Waals surface area contributed by atoms with Gasteiger partial charge in [0.25, 0.3) is 0 Å². The molecule has 0 aliphatic rings. The van der Waals surface area contributed by atoms with Crippen molar-refractivity contribution in [2.24, 2.45) is 5.41 Å². The summed E-state index contributed by atoms with van der Waals surface area (Å²) in [5, 5.41) is 8.88. The molecule has 0 unspecified atom stereocenters. The number of aromatic nitrogens is 2. The first kappa shape index (κ1) is 16.5. The predicted octanol–water partition coefficient (Wildman–Crippen LogP) is 3.82. The third-order valence-electron chi connectivity index (χ3n) is 3.20. The first-order valence-corrected chi connectivity index (χ1v) is 7.40. The Labute approximate surface area is 122 Å². The van der Waals surface area contributed by atoms with Crippen LogP contribution < -0.4 is 5.32 Å². The molecule has 0 aliphatic carbocycles. The van der Waals surface area contributed by atoms with Crippen LogP contribution in [0.4, 0.5) is 0 Å². The van der Waals surface area contributed by atoms with E-state index in [1.807, 2.05) is 11.6 Å². The van der Waals surface area contributed by atoms with Crippen LogP contribution in [0.3, 0.4) is 0 Å². The van der Waals surface area contributed by atoms with Gasteiger partial charge < -0.3 is 5.32 Å². The van der Waals surface area contributed by atoms with E-state index in [0.717, 1.165) is 35.9 Å². The van der Waals surface area contributed by atoms with Crippen molar-refractivity contribution in [2.45, 2.75) is 67.0 Å². The summed E-state index contributed by atoms with van der Waals surface area (Å²) in [6.07, 6.45) is 0.934.